The molecule has 2 aromatic carbocycles. The zero-order valence-electron chi connectivity index (χ0n) is 17.4. The molecule has 0 bridgehead atoms. The van der Waals surface area contributed by atoms with Crippen LogP contribution in [-0.2, 0) is 4.79 Å². The van der Waals surface area contributed by atoms with Crippen LogP contribution in [0.15, 0.2) is 48.5 Å². The maximum absolute atomic E-state index is 13.7. The van der Waals surface area contributed by atoms with Crippen LogP contribution < -0.4 is 15.5 Å². The number of nitrogens with zero attached hydrogens (tertiary/aromatic N) is 3. The van der Waals surface area contributed by atoms with E-state index in [9.17, 15) is 24.1 Å². The lowest BCUT2D eigenvalue weighted by atomic mass is 9.85. The number of nitro benzene ring substituents is 1. The third-order valence-corrected chi connectivity index (χ3v) is 6.17. The fourth-order valence-corrected chi connectivity index (χ4v) is 4.41. The van der Waals surface area contributed by atoms with Gasteiger partial charge >= 0.3 is 0 Å². The lowest BCUT2D eigenvalue weighted by molar-refractivity contribution is -0.384. The third-order valence-electron chi connectivity index (χ3n) is 6.17. The number of non-ortho nitro benzene ring substituents is 1. The van der Waals surface area contributed by atoms with Crippen LogP contribution in [0.2, 0.25) is 0 Å². The number of halogens is 1. The number of anilines is 1. The number of nitrogens with one attached hydrogen (secondary N) is 2. The van der Waals surface area contributed by atoms with Gasteiger partial charge in [0, 0.05) is 49.6 Å². The van der Waals surface area contributed by atoms with Crippen molar-refractivity contribution in [3.63, 3.8) is 0 Å². The Labute approximate surface area is 184 Å². The summed E-state index contributed by atoms with van der Waals surface area (Å²) in [6.07, 6.45) is 1.18. The van der Waals surface area contributed by atoms with Crippen LogP contribution in [0.5, 0.6) is 0 Å². The third kappa shape index (κ3) is 4.26. The zero-order valence-corrected chi connectivity index (χ0v) is 17.4. The minimum Gasteiger partial charge on any atom is -0.351 e. The van der Waals surface area contributed by atoms with E-state index in [0.29, 0.717) is 51.4 Å². The summed E-state index contributed by atoms with van der Waals surface area (Å²) in [4.78, 5) is 39.4. The van der Waals surface area contributed by atoms with Gasteiger partial charge in [0.05, 0.1) is 11.6 Å². The molecule has 2 heterocycles. The van der Waals surface area contributed by atoms with Crippen LogP contribution in [0.1, 0.15) is 23.2 Å². The van der Waals surface area contributed by atoms with Gasteiger partial charge in [-0.1, -0.05) is 12.1 Å². The predicted octanol–water partition coefficient (Wildman–Crippen LogP) is 1.89. The quantitative estimate of drug-likeness (QED) is 0.524. The van der Waals surface area contributed by atoms with Crippen molar-refractivity contribution in [1.82, 2.24) is 15.5 Å². The monoisotopic (exact) mass is 441 g/mol. The molecule has 2 aliphatic rings. The van der Waals surface area contributed by atoms with E-state index < -0.39 is 10.5 Å². The van der Waals surface area contributed by atoms with Gasteiger partial charge in [-0.15, -0.1) is 0 Å². The van der Waals surface area contributed by atoms with Crippen molar-refractivity contribution in [3.8, 4) is 0 Å². The van der Waals surface area contributed by atoms with Gasteiger partial charge < -0.3 is 20.4 Å². The van der Waals surface area contributed by atoms with Crippen molar-refractivity contribution >= 4 is 23.2 Å². The van der Waals surface area contributed by atoms with Gasteiger partial charge in [0.1, 0.15) is 11.4 Å². The number of likely N-dealkylation sites (tertiary alicyclic amines) is 1. The van der Waals surface area contributed by atoms with E-state index in [4.69, 9.17) is 0 Å². The predicted molar refractivity (Wildman–Crippen MR) is 116 cm³/mol. The standard InChI is InChI=1S/C22H24FN5O4/c23-17-4-2-5-18(14-17)27-15-25-21(30)22(27)7-10-26(11-8-22)12-9-24-20(29)16-3-1-6-19(13-16)28(31)32/h1-6,13-14H,7-12,15H2,(H,24,29)(H,25,30). The Morgan fingerprint density at radius 3 is 2.66 bits per heavy atom. The summed E-state index contributed by atoms with van der Waals surface area (Å²) in [6, 6.07) is 11.9. The molecule has 10 heteroatoms. The fourth-order valence-electron chi connectivity index (χ4n) is 4.41. The van der Waals surface area contributed by atoms with Gasteiger partial charge in [0.2, 0.25) is 5.91 Å². The molecule has 0 aliphatic carbocycles. The van der Waals surface area contributed by atoms with E-state index in [1.807, 2.05) is 4.90 Å². The van der Waals surface area contributed by atoms with Crippen molar-refractivity contribution < 1.29 is 18.9 Å². The van der Waals surface area contributed by atoms with E-state index in [1.54, 1.807) is 12.1 Å². The second-order valence-corrected chi connectivity index (χ2v) is 8.01. The highest BCUT2D eigenvalue weighted by Crippen LogP contribution is 2.36. The minimum absolute atomic E-state index is 0.0413. The highest BCUT2D eigenvalue weighted by atomic mass is 19.1. The lowest BCUT2D eigenvalue weighted by Gasteiger charge is -2.43. The van der Waals surface area contributed by atoms with Crippen molar-refractivity contribution in [2.45, 2.75) is 18.4 Å². The molecular weight excluding hydrogens is 417 g/mol. The second kappa shape index (κ2) is 8.91. The van der Waals surface area contributed by atoms with Gasteiger partial charge in [-0.3, -0.25) is 19.7 Å². The maximum Gasteiger partial charge on any atom is 0.270 e. The van der Waals surface area contributed by atoms with Crippen molar-refractivity contribution in [2.24, 2.45) is 0 Å². The molecule has 0 atom stereocenters. The van der Waals surface area contributed by atoms with E-state index in [1.165, 1.54) is 36.4 Å². The highest BCUT2D eigenvalue weighted by Gasteiger charge is 2.50. The summed E-state index contributed by atoms with van der Waals surface area (Å²) in [6.45, 7) is 2.64. The normalized spacial score (nSPS) is 17.9. The SMILES string of the molecule is O=C(NCCN1CCC2(CC1)C(=O)NCN2c1cccc(F)c1)c1cccc([N+](=O)[O-])c1. The number of piperidine rings is 1. The number of hydrogen-bond donors (Lipinski definition) is 2. The minimum atomic E-state index is -0.698. The summed E-state index contributed by atoms with van der Waals surface area (Å²) in [5, 5.41) is 16.6. The molecule has 1 spiro atoms. The molecule has 168 valence electrons. The van der Waals surface area contributed by atoms with Crippen LogP contribution in [-0.4, -0.2) is 60.0 Å². The van der Waals surface area contributed by atoms with Gasteiger partial charge in [-0.2, -0.15) is 0 Å². The summed E-state index contributed by atoms with van der Waals surface area (Å²) >= 11 is 0. The molecule has 2 aromatic rings. The van der Waals surface area contributed by atoms with Crippen LogP contribution >= 0.6 is 0 Å². The summed E-state index contributed by atoms with van der Waals surface area (Å²) in [5.41, 5.74) is 0.0964. The highest BCUT2D eigenvalue weighted by molar-refractivity contribution is 5.95. The summed E-state index contributed by atoms with van der Waals surface area (Å²) in [5.74, 6) is -0.746. The molecule has 2 aliphatic heterocycles. The van der Waals surface area contributed by atoms with Crippen LogP contribution in [0.4, 0.5) is 15.8 Å². The average Bonchev–Trinajstić information content (AvgIpc) is 3.10. The number of rotatable bonds is 6. The first-order chi connectivity index (χ1) is 15.4. The molecule has 0 unspecified atom stereocenters. The fraction of sp³-hybridized carbons (Fsp3) is 0.364. The maximum atomic E-state index is 13.7. The Hall–Kier alpha value is -3.53. The van der Waals surface area contributed by atoms with Crippen LogP contribution in [0.3, 0.4) is 0 Å². The number of nitro groups is 1. The first-order valence-electron chi connectivity index (χ1n) is 10.5. The molecule has 2 saturated heterocycles. The molecule has 0 saturated carbocycles. The van der Waals surface area contributed by atoms with E-state index >= 15 is 0 Å². The van der Waals surface area contributed by atoms with Crippen LogP contribution in [0, 0.1) is 15.9 Å². The number of benzene rings is 2. The molecule has 9 nitrogen and oxygen atoms in total. The molecular formula is C22H24FN5O4. The van der Waals surface area contributed by atoms with Crippen molar-refractivity contribution in [3.05, 3.63) is 70.0 Å². The molecule has 0 aromatic heterocycles. The zero-order chi connectivity index (χ0) is 22.7. The molecule has 2 N–H and O–H groups in total. The number of amides is 2. The van der Waals surface area contributed by atoms with E-state index in [0.717, 1.165) is 0 Å². The topological polar surface area (TPSA) is 108 Å². The van der Waals surface area contributed by atoms with Crippen molar-refractivity contribution in [1.29, 1.82) is 0 Å². The first-order valence-corrected chi connectivity index (χ1v) is 10.5. The molecule has 2 fully saturated rings. The second-order valence-electron chi connectivity index (χ2n) is 8.01. The Morgan fingerprint density at radius 1 is 1.19 bits per heavy atom. The summed E-state index contributed by atoms with van der Waals surface area (Å²) < 4.78 is 13.7. The average molecular weight is 441 g/mol. The lowest BCUT2D eigenvalue weighted by Crippen LogP contribution is -2.57. The van der Waals surface area contributed by atoms with E-state index in [2.05, 4.69) is 15.5 Å². The van der Waals surface area contributed by atoms with Gasteiger partial charge in [0.15, 0.2) is 0 Å². The molecule has 4 rings (SSSR count). The van der Waals surface area contributed by atoms with Gasteiger partial charge in [-0.05, 0) is 37.1 Å². The molecule has 0 radical (unpaired) electrons. The number of carbonyl (C=O) groups excluding carboxylic acids is 2. The number of carbonyl (C=O) groups is 2. The molecule has 2 amide bonds. The Balaban J connectivity index is 1.32. The van der Waals surface area contributed by atoms with Crippen LogP contribution in [0.25, 0.3) is 0 Å². The largest absolute Gasteiger partial charge is 0.351 e. The van der Waals surface area contributed by atoms with E-state index in [-0.39, 0.29) is 28.9 Å². The Kier molecular flexibility index (Phi) is 6.04. The Morgan fingerprint density at radius 2 is 1.94 bits per heavy atom. The number of hydrogen-bond acceptors (Lipinski definition) is 6. The van der Waals surface area contributed by atoms with Gasteiger partial charge in [-0.25, -0.2) is 4.39 Å². The first kappa shape index (κ1) is 21.7. The van der Waals surface area contributed by atoms with Crippen molar-refractivity contribution in [2.75, 3.05) is 37.7 Å². The summed E-state index contributed by atoms with van der Waals surface area (Å²) in [7, 11) is 0. The molecule has 32 heavy (non-hydrogen) atoms. The smallest absolute Gasteiger partial charge is 0.270 e. The van der Waals surface area contributed by atoms with Gasteiger partial charge in [0.25, 0.3) is 11.6 Å². The Bertz CT molecular complexity index is 1040.